The normalized spacial score (nSPS) is 26.8. The van der Waals surface area contributed by atoms with Gasteiger partial charge in [-0.15, -0.1) is 0 Å². The van der Waals surface area contributed by atoms with Gasteiger partial charge in [-0.2, -0.15) is 4.89 Å². The number of β-amino-alcohol motifs (C(OH)–C–C–N with tert-alkyl or cyclic N) is 1. The van der Waals surface area contributed by atoms with Crippen molar-refractivity contribution in [2.24, 2.45) is 11.3 Å². The fourth-order valence-corrected chi connectivity index (χ4v) is 4.80. The summed E-state index contributed by atoms with van der Waals surface area (Å²) >= 11 is 0. The highest BCUT2D eigenvalue weighted by Gasteiger charge is 2.76. The Kier molecular flexibility index (Phi) is 5.83. The first-order chi connectivity index (χ1) is 15.3. The second-order valence-electron chi connectivity index (χ2n) is 8.89. The maximum absolute atomic E-state index is 13.8. The van der Waals surface area contributed by atoms with Gasteiger partial charge in [0.1, 0.15) is 0 Å². The topological polar surface area (TPSA) is 85.3 Å². The molecule has 170 valence electrons. The largest absolute Gasteiger partial charge is 0.465 e. The number of carbonyl (C=O) groups is 2. The van der Waals surface area contributed by atoms with Gasteiger partial charge in [-0.05, 0) is 24.0 Å². The Morgan fingerprint density at radius 3 is 2.12 bits per heavy atom. The number of aliphatic hydroxyl groups is 1. The molecule has 2 aromatic carbocycles. The first-order valence-corrected chi connectivity index (χ1v) is 11.0. The van der Waals surface area contributed by atoms with Gasteiger partial charge in [-0.3, -0.25) is 9.59 Å². The number of rotatable bonds is 6. The van der Waals surface area contributed by atoms with E-state index in [1.54, 1.807) is 6.92 Å². The zero-order valence-corrected chi connectivity index (χ0v) is 18.6. The summed E-state index contributed by atoms with van der Waals surface area (Å²) in [6, 6.07) is 18.5. The minimum atomic E-state index is -2.17. The molecular weight excluding hydrogens is 410 g/mol. The Morgan fingerprint density at radius 1 is 1.06 bits per heavy atom. The van der Waals surface area contributed by atoms with Crippen molar-refractivity contribution in [2.45, 2.75) is 38.6 Å². The van der Waals surface area contributed by atoms with Crippen molar-refractivity contribution in [1.82, 2.24) is 4.90 Å². The highest BCUT2D eigenvalue weighted by molar-refractivity contribution is 6.06. The molecule has 1 N–H and O–H groups in total. The number of hydrogen-bond donors (Lipinski definition) is 1. The SMILES string of the molecule is CCOC(=O)C12CC(c3ccccc3)(c3ccccc3)OOC1(O)CN(CC(C)C)C2=O. The van der Waals surface area contributed by atoms with Gasteiger partial charge < -0.3 is 14.7 Å². The van der Waals surface area contributed by atoms with Crippen LogP contribution in [0.2, 0.25) is 0 Å². The van der Waals surface area contributed by atoms with E-state index in [-0.39, 0.29) is 25.5 Å². The van der Waals surface area contributed by atoms with Crippen LogP contribution in [0.1, 0.15) is 38.3 Å². The van der Waals surface area contributed by atoms with Gasteiger partial charge in [0.2, 0.25) is 17.1 Å². The van der Waals surface area contributed by atoms with E-state index >= 15 is 0 Å². The summed E-state index contributed by atoms with van der Waals surface area (Å²) in [5.41, 5.74) is -1.87. The molecule has 2 aliphatic rings. The number of ether oxygens (including phenoxy) is 1. The van der Waals surface area contributed by atoms with Crippen LogP contribution in [-0.2, 0) is 29.7 Å². The number of nitrogens with zero attached hydrogens (tertiary/aromatic N) is 1. The molecule has 7 heteroatoms. The highest BCUT2D eigenvalue weighted by Crippen LogP contribution is 2.57. The smallest absolute Gasteiger partial charge is 0.327 e. The summed E-state index contributed by atoms with van der Waals surface area (Å²) in [4.78, 5) is 40.3. The third-order valence-electron chi connectivity index (χ3n) is 6.25. The van der Waals surface area contributed by atoms with Crippen LogP contribution in [0.4, 0.5) is 0 Å². The van der Waals surface area contributed by atoms with E-state index in [0.717, 1.165) is 0 Å². The Bertz CT molecular complexity index is 939. The minimum absolute atomic E-state index is 0.0681. The fourth-order valence-electron chi connectivity index (χ4n) is 4.80. The summed E-state index contributed by atoms with van der Waals surface area (Å²) in [6.07, 6.45) is -0.156. The molecule has 2 heterocycles. The van der Waals surface area contributed by atoms with E-state index in [9.17, 15) is 14.7 Å². The molecule has 0 aliphatic carbocycles. The first-order valence-electron chi connectivity index (χ1n) is 11.0. The van der Waals surface area contributed by atoms with Crippen molar-refractivity contribution in [3.8, 4) is 0 Å². The number of hydrogen-bond acceptors (Lipinski definition) is 6. The third kappa shape index (κ3) is 3.32. The molecule has 2 aliphatic heterocycles. The monoisotopic (exact) mass is 439 g/mol. The molecule has 0 saturated carbocycles. The van der Waals surface area contributed by atoms with Crippen LogP contribution in [-0.4, -0.2) is 47.4 Å². The number of amides is 1. The molecular formula is C25H29NO6. The quantitative estimate of drug-likeness (QED) is 0.423. The molecule has 0 radical (unpaired) electrons. The van der Waals surface area contributed by atoms with Crippen molar-refractivity contribution in [3.05, 3.63) is 71.8 Å². The van der Waals surface area contributed by atoms with Crippen molar-refractivity contribution in [1.29, 1.82) is 0 Å². The maximum Gasteiger partial charge on any atom is 0.327 e. The van der Waals surface area contributed by atoms with E-state index in [1.165, 1.54) is 4.90 Å². The summed E-state index contributed by atoms with van der Waals surface area (Å²) < 4.78 is 5.36. The number of fused-ring (bicyclic) bond motifs is 1. The van der Waals surface area contributed by atoms with Gasteiger partial charge in [-0.1, -0.05) is 74.5 Å². The average Bonchev–Trinajstić information content (AvgIpc) is 3.01. The van der Waals surface area contributed by atoms with E-state index < -0.39 is 28.7 Å². The van der Waals surface area contributed by atoms with Crippen molar-refractivity contribution >= 4 is 11.9 Å². The lowest BCUT2D eigenvalue weighted by Crippen LogP contribution is -2.64. The highest BCUT2D eigenvalue weighted by atomic mass is 17.2. The van der Waals surface area contributed by atoms with Crippen LogP contribution in [0.5, 0.6) is 0 Å². The fraction of sp³-hybridized carbons (Fsp3) is 0.440. The van der Waals surface area contributed by atoms with Gasteiger partial charge in [0, 0.05) is 13.0 Å². The van der Waals surface area contributed by atoms with Crippen LogP contribution in [0, 0.1) is 11.3 Å². The first kappa shape index (κ1) is 22.5. The number of benzene rings is 2. The van der Waals surface area contributed by atoms with Crippen molar-refractivity contribution < 1.29 is 29.2 Å². The van der Waals surface area contributed by atoms with Gasteiger partial charge in [-0.25, -0.2) is 4.89 Å². The van der Waals surface area contributed by atoms with Gasteiger partial charge in [0.05, 0.1) is 13.2 Å². The van der Waals surface area contributed by atoms with Crippen LogP contribution in [0.15, 0.2) is 60.7 Å². The van der Waals surface area contributed by atoms with E-state index in [4.69, 9.17) is 14.5 Å². The summed E-state index contributed by atoms with van der Waals surface area (Å²) in [6.45, 7) is 5.86. The maximum atomic E-state index is 13.8. The second kappa shape index (κ2) is 8.31. The Morgan fingerprint density at radius 2 is 1.62 bits per heavy atom. The molecule has 4 rings (SSSR count). The van der Waals surface area contributed by atoms with Crippen molar-refractivity contribution in [3.63, 3.8) is 0 Å². The van der Waals surface area contributed by atoms with Crippen LogP contribution < -0.4 is 0 Å². The Balaban J connectivity index is 1.91. The molecule has 2 aromatic rings. The minimum Gasteiger partial charge on any atom is -0.465 e. The van der Waals surface area contributed by atoms with Gasteiger partial charge in [0.15, 0.2) is 5.60 Å². The third-order valence-corrected chi connectivity index (χ3v) is 6.25. The zero-order chi connectivity index (χ0) is 23.0. The van der Waals surface area contributed by atoms with Gasteiger partial charge >= 0.3 is 5.97 Å². The molecule has 2 saturated heterocycles. The molecule has 2 atom stereocenters. The lowest BCUT2D eigenvalue weighted by molar-refractivity contribution is -0.497. The standard InChI is InChI=1S/C25H29NO6/c1-4-30-22(28)23-16-24(19-11-7-5-8-12-19,20-13-9-6-10-14-20)31-32-25(23,29)17-26(21(23)27)15-18(2)3/h5-14,18,29H,4,15-17H2,1-3H3. The number of likely N-dealkylation sites (tertiary alicyclic amines) is 1. The Labute approximate surface area is 187 Å². The second-order valence-corrected chi connectivity index (χ2v) is 8.89. The Hall–Kier alpha value is -2.74. The van der Waals surface area contributed by atoms with E-state index in [1.807, 2.05) is 74.5 Å². The van der Waals surface area contributed by atoms with Gasteiger partial charge in [0.25, 0.3) is 0 Å². The van der Waals surface area contributed by atoms with Crippen LogP contribution in [0.3, 0.4) is 0 Å². The van der Waals surface area contributed by atoms with Crippen LogP contribution in [0.25, 0.3) is 0 Å². The molecule has 0 spiro atoms. The molecule has 0 aromatic heterocycles. The molecule has 7 nitrogen and oxygen atoms in total. The number of esters is 1. The molecule has 32 heavy (non-hydrogen) atoms. The van der Waals surface area contributed by atoms with E-state index in [2.05, 4.69) is 0 Å². The summed E-state index contributed by atoms with van der Waals surface area (Å²) in [5, 5.41) is 11.5. The average molecular weight is 440 g/mol. The molecule has 1 amide bonds. The zero-order valence-electron chi connectivity index (χ0n) is 18.6. The molecule has 0 bridgehead atoms. The predicted molar refractivity (Wildman–Crippen MR) is 116 cm³/mol. The van der Waals surface area contributed by atoms with Crippen molar-refractivity contribution in [2.75, 3.05) is 19.7 Å². The molecule has 2 unspecified atom stereocenters. The summed E-state index contributed by atoms with van der Waals surface area (Å²) in [7, 11) is 0. The predicted octanol–water partition coefficient (Wildman–Crippen LogP) is 3.02. The number of carbonyl (C=O) groups excluding carboxylic acids is 2. The van der Waals surface area contributed by atoms with E-state index in [0.29, 0.717) is 17.7 Å². The lowest BCUT2D eigenvalue weighted by atomic mass is 9.67. The lowest BCUT2D eigenvalue weighted by Gasteiger charge is -2.48. The summed E-state index contributed by atoms with van der Waals surface area (Å²) in [5.74, 6) is -3.35. The molecule has 2 fully saturated rings. The van der Waals surface area contributed by atoms with Crippen LogP contribution >= 0.6 is 0 Å².